The van der Waals surface area contributed by atoms with Gasteiger partial charge in [-0.1, -0.05) is 42.5 Å². The Morgan fingerprint density at radius 3 is 2.71 bits per heavy atom. The summed E-state index contributed by atoms with van der Waals surface area (Å²) >= 11 is 0. The van der Waals surface area contributed by atoms with Crippen LogP contribution in [0.4, 0.5) is 0 Å². The first-order valence-electron chi connectivity index (χ1n) is 7.02. The monoisotopic (exact) mass is 285 g/mol. The predicted molar refractivity (Wildman–Crippen MR) is 83.3 cm³/mol. The van der Waals surface area contributed by atoms with Crippen molar-refractivity contribution < 1.29 is 9.66 Å². The Labute approximate surface area is 124 Å². The third-order valence-electron chi connectivity index (χ3n) is 3.46. The molecule has 4 heteroatoms. The molecular weight excluding hydrogens is 266 g/mol. The number of ether oxygens (including phenoxy) is 1. The lowest BCUT2D eigenvalue weighted by Crippen LogP contribution is -2.40. The van der Waals surface area contributed by atoms with Gasteiger partial charge in [-0.3, -0.25) is 10.1 Å². The summed E-state index contributed by atoms with van der Waals surface area (Å²) < 4.78 is 5.54. The molecule has 1 aromatic rings. The molecule has 4 nitrogen and oxygen atoms in total. The highest BCUT2D eigenvalue weighted by atomic mass is 16.7. The molecule has 1 aliphatic rings. The summed E-state index contributed by atoms with van der Waals surface area (Å²) in [5, 5.41) is 11.4. The average molecular weight is 285 g/mol. The Kier molecular flexibility index (Phi) is 5.06. The van der Waals surface area contributed by atoms with Crippen molar-refractivity contribution in [3.63, 3.8) is 0 Å². The summed E-state index contributed by atoms with van der Waals surface area (Å²) in [5.41, 5.74) is 0.611. The maximum Gasteiger partial charge on any atom is 0.348 e. The molecule has 2 rings (SSSR count). The quantitative estimate of drug-likeness (QED) is 0.250. The molecule has 0 fully saturated rings. The van der Waals surface area contributed by atoms with Crippen molar-refractivity contribution in [2.75, 3.05) is 6.61 Å². The molecular formula is C17H19NO3. The first kappa shape index (κ1) is 15.2. The number of rotatable bonds is 7. The van der Waals surface area contributed by atoms with E-state index in [2.05, 4.69) is 6.58 Å². The Hall–Kier alpha value is -2.20. The topological polar surface area (TPSA) is 52.4 Å². The van der Waals surface area contributed by atoms with E-state index in [0.29, 0.717) is 6.61 Å². The molecule has 0 spiro atoms. The van der Waals surface area contributed by atoms with Crippen LogP contribution in [0.15, 0.2) is 61.2 Å². The van der Waals surface area contributed by atoms with Gasteiger partial charge < -0.3 is 4.74 Å². The lowest BCUT2D eigenvalue weighted by atomic mass is 9.95. The van der Waals surface area contributed by atoms with Gasteiger partial charge in [-0.15, -0.1) is 6.58 Å². The van der Waals surface area contributed by atoms with E-state index in [4.69, 9.17) is 4.74 Å². The fraction of sp³-hybridized carbons (Fsp3) is 0.294. The summed E-state index contributed by atoms with van der Waals surface area (Å²) in [4.78, 5) is 11.0. The number of unbranched alkanes of at least 4 members (excludes halogenated alkanes) is 1. The zero-order valence-electron chi connectivity index (χ0n) is 11.9. The molecule has 0 bridgehead atoms. The van der Waals surface area contributed by atoms with Crippen molar-refractivity contribution in [3.05, 3.63) is 76.9 Å². The number of hydrogen-bond donors (Lipinski definition) is 0. The van der Waals surface area contributed by atoms with Crippen LogP contribution in [0, 0.1) is 10.1 Å². The second kappa shape index (κ2) is 6.99. The third kappa shape index (κ3) is 3.67. The van der Waals surface area contributed by atoms with Gasteiger partial charge in [0.05, 0.1) is 18.0 Å². The number of allylic oxidation sites excluding steroid dienone is 3. The number of nitro groups is 1. The summed E-state index contributed by atoms with van der Waals surface area (Å²) in [5.74, 6) is 0. The van der Waals surface area contributed by atoms with Crippen LogP contribution >= 0.6 is 0 Å². The standard InChI is InChI=1S/C17H19NO3/c1-2-3-7-14-21-17(18(19)20)12-10-16(11-13-17)15-8-5-4-6-9-15/h2,4-6,8-12H,1,3,7,13-14H2. The van der Waals surface area contributed by atoms with Gasteiger partial charge in [0.1, 0.15) is 0 Å². The van der Waals surface area contributed by atoms with Crippen molar-refractivity contribution >= 4 is 5.57 Å². The molecule has 0 aromatic heterocycles. The van der Waals surface area contributed by atoms with E-state index in [1.807, 2.05) is 36.4 Å². The van der Waals surface area contributed by atoms with E-state index in [-0.39, 0.29) is 11.3 Å². The molecule has 21 heavy (non-hydrogen) atoms. The van der Waals surface area contributed by atoms with Crippen LogP contribution in [-0.4, -0.2) is 17.3 Å². The van der Waals surface area contributed by atoms with E-state index in [0.717, 1.165) is 24.0 Å². The highest BCUT2D eigenvalue weighted by Crippen LogP contribution is 2.30. The SMILES string of the molecule is C=CCCCOC1([N+](=O)[O-])C=CC(c2ccccc2)=CC1. The fourth-order valence-electron chi connectivity index (χ4n) is 2.23. The van der Waals surface area contributed by atoms with Crippen LogP contribution in [0.3, 0.4) is 0 Å². The average Bonchev–Trinajstić information content (AvgIpc) is 2.53. The normalized spacial score (nSPS) is 20.9. The van der Waals surface area contributed by atoms with Gasteiger partial charge in [0, 0.05) is 6.08 Å². The van der Waals surface area contributed by atoms with Gasteiger partial charge in [-0.05, 0) is 30.1 Å². The molecule has 1 aromatic carbocycles. The zero-order chi connectivity index (χ0) is 15.1. The van der Waals surface area contributed by atoms with Crippen molar-refractivity contribution in [2.45, 2.75) is 25.0 Å². The molecule has 1 unspecified atom stereocenters. The third-order valence-corrected chi connectivity index (χ3v) is 3.46. The minimum absolute atomic E-state index is 0.245. The van der Waals surface area contributed by atoms with Gasteiger partial charge in [-0.2, -0.15) is 0 Å². The Morgan fingerprint density at radius 2 is 2.14 bits per heavy atom. The number of hydrogen-bond acceptors (Lipinski definition) is 3. The predicted octanol–water partition coefficient (Wildman–Crippen LogP) is 3.99. The van der Waals surface area contributed by atoms with Gasteiger partial charge in [0.15, 0.2) is 0 Å². The van der Waals surface area contributed by atoms with Crippen LogP contribution in [0.2, 0.25) is 0 Å². The maximum atomic E-state index is 11.4. The van der Waals surface area contributed by atoms with Crippen LogP contribution in [0.1, 0.15) is 24.8 Å². The van der Waals surface area contributed by atoms with E-state index < -0.39 is 5.72 Å². The second-order valence-electron chi connectivity index (χ2n) is 4.94. The highest BCUT2D eigenvalue weighted by Gasteiger charge is 2.42. The first-order valence-corrected chi connectivity index (χ1v) is 7.02. The molecule has 1 atom stereocenters. The number of benzene rings is 1. The minimum Gasteiger partial charge on any atom is -0.311 e. The van der Waals surface area contributed by atoms with Crippen LogP contribution in [0.5, 0.6) is 0 Å². The van der Waals surface area contributed by atoms with Gasteiger partial charge in [0.2, 0.25) is 0 Å². The first-order chi connectivity index (χ1) is 10.2. The van der Waals surface area contributed by atoms with Gasteiger partial charge >= 0.3 is 5.72 Å². The van der Waals surface area contributed by atoms with Crippen molar-refractivity contribution in [1.82, 2.24) is 0 Å². The lowest BCUT2D eigenvalue weighted by Gasteiger charge is -2.24. The second-order valence-corrected chi connectivity index (χ2v) is 4.94. The molecule has 0 saturated carbocycles. The fourth-order valence-corrected chi connectivity index (χ4v) is 2.23. The molecule has 1 aliphatic carbocycles. The van der Waals surface area contributed by atoms with Crippen LogP contribution in [-0.2, 0) is 4.74 Å². The Bertz CT molecular complexity index is 563. The van der Waals surface area contributed by atoms with Gasteiger partial charge in [0.25, 0.3) is 0 Å². The molecule has 110 valence electrons. The largest absolute Gasteiger partial charge is 0.348 e. The molecule has 0 amide bonds. The molecule has 0 N–H and O–H groups in total. The van der Waals surface area contributed by atoms with Crippen LogP contribution in [0.25, 0.3) is 5.57 Å². The van der Waals surface area contributed by atoms with E-state index in [1.54, 1.807) is 18.2 Å². The lowest BCUT2D eigenvalue weighted by molar-refractivity contribution is -0.612. The van der Waals surface area contributed by atoms with E-state index in [9.17, 15) is 10.1 Å². The summed E-state index contributed by atoms with van der Waals surface area (Å²) in [7, 11) is 0. The maximum absolute atomic E-state index is 11.4. The summed E-state index contributed by atoms with van der Waals surface area (Å²) in [6, 6.07) is 9.82. The minimum atomic E-state index is -1.43. The Balaban J connectivity index is 2.07. The zero-order valence-corrected chi connectivity index (χ0v) is 11.9. The van der Waals surface area contributed by atoms with Crippen molar-refractivity contribution in [2.24, 2.45) is 0 Å². The van der Waals surface area contributed by atoms with Crippen LogP contribution < -0.4 is 0 Å². The number of nitrogens with zero attached hydrogens (tertiary/aromatic N) is 1. The van der Waals surface area contributed by atoms with E-state index in [1.165, 1.54) is 0 Å². The summed E-state index contributed by atoms with van der Waals surface area (Å²) in [6.45, 7) is 3.98. The van der Waals surface area contributed by atoms with Crippen molar-refractivity contribution in [3.8, 4) is 0 Å². The Morgan fingerprint density at radius 1 is 1.38 bits per heavy atom. The van der Waals surface area contributed by atoms with Gasteiger partial charge in [-0.25, -0.2) is 0 Å². The van der Waals surface area contributed by atoms with E-state index >= 15 is 0 Å². The molecule has 0 heterocycles. The summed E-state index contributed by atoms with van der Waals surface area (Å²) in [6.07, 6.45) is 8.76. The smallest absolute Gasteiger partial charge is 0.311 e. The molecule has 0 radical (unpaired) electrons. The van der Waals surface area contributed by atoms with Crippen molar-refractivity contribution in [1.29, 1.82) is 0 Å². The molecule has 0 aliphatic heterocycles. The highest BCUT2D eigenvalue weighted by molar-refractivity contribution is 5.75. The molecule has 0 saturated heterocycles.